The third-order valence-electron chi connectivity index (χ3n) is 9.55. The minimum absolute atomic E-state index is 0.0170. The van der Waals surface area contributed by atoms with Crippen molar-refractivity contribution in [3.05, 3.63) is 63.0 Å². The van der Waals surface area contributed by atoms with E-state index in [2.05, 4.69) is 20.1 Å². The van der Waals surface area contributed by atoms with Crippen molar-refractivity contribution in [3.8, 4) is 0 Å². The molecule has 0 radical (unpaired) electrons. The summed E-state index contributed by atoms with van der Waals surface area (Å²) in [6, 6.07) is 3.98. The number of nitrogens with one attached hydrogen (secondary N) is 1. The lowest BCUT2D eigenvalue weighted by molar-refractivity contribution is -0.222. The number of fused-ring (bicyclic) bond motifs is 1. The van der Waals surface area contributed by atoms with Crippen molar-refractivity contribution in [2.24, 2.45) is 10.4 Å². The van der Waals surface area contributed by atoms with E-state index in [0.29, 0.717) is 60.4 Å². The number of carbonyl (C=O) groups excluding carboxylic acids is 1. The van der Waals surface area contributed by atoms with E-state index >= 15 is 0 Å². The second kappa shape index (κ2) is 9.60. The van der Waals surface area contributed by atoms with Crippen LogP contribution in [-0.4, -0.2) is 101 Å². The van der Waals surface area contributed by atoms with Gasteiger partial charge in [0, 0.05) is 68.1 Å². The van der Waals surface area contributed by atoms with E-state index in [1.807, 2.05) is 10.3 Å². The van der Waals surface area contributed by atoms with Crippen molar-refractivity contribution in [3.63, 3.8) is 0 Å². The Labute approximate surface area is 241 Å². The Balaban J connectivity index is 1.14. The highest BCUT2D eigenvalue weighted by molar-refractivity contribution is 7.11. The molecular formula is C29H33FN6O4S. The molecule has 6 aliphatic rings. The fourth-order valence-corrected chi connectivity index (χ4v) is 8.37. The molecule has 216 valence electrons. The van der Waals surface area contributed by atoms with Crippen LogP contribution in [0.3, 0.4) is 0 Å². The van der Waals surface area contributed by atoms with Crippen LogP contribution in [0.2, 0.25) is 0 Å². The second-order valence-electron chi connectivity index (χ2n) is 12.2. The number of hydrogen-bond acceptors (Lipinski definition) is 8. The highest BCUT2D eigenvalue weighted by Gasteiger charge is 2.72. The number of amides is 2. The number of carboxylic acids is 1. The summed E-state index contributed by atoms with van der Waals surface area (Å²) in [4.78, 5) is 41.5. The van der Waals surface area contributed by atoms with E-state index in [1.165, 1.54) is 17.4 Å². The lowest BCUT2D eigenvalue weighted by atomic mass is 9.39. The zero-order chi connectivity index (χ0) is 28.5. The summed E-state index contributed by atoms with van der Waals surface area (Å²) in [6.45, 7) is 5.30. The molecule has 1 aromatic heterocycles. The summed E-state index contributed by atoms with van der Waals surface area (Å²) in [7, 11) is 1.74. The predicted molar refractivity (Wildman–Crippen MR) is 150 cm³/mol. The van der Waals surface area contributed by atoms with Gasteiger partial charge >= 0.3 is 12.0 Å². The van der Waals surface area contributed by atoms with Gasteiger partial charge in [0.1, 0.15) is 11.9 Å². The van der Waals surface area contributed by atoms with Crippen molar-refractivity contribution in [2.45, 2.75) is 43.8 Å². The number of urea groups is 1. The SMILES string of the molecule is COCC12CC(N3CC4CN(CC5=C(C(=O)O)C(c6cccc(F)c6C)N=C(c6nccs6)N5)CCN4C3=O)(C1)C2. The fraction of sp³-hybridized carbons (Fsp3) is 0.517. The molecule has 2 N–H and O–H groups in total. The molecule has 8 rings (SSSR count). The number of rotatable bonds is 8. The van der Waals surface area contributed by atoms with Crippen LogP contribution in [0, 0.1) is 18.2 Å². The minimum atomic E-state index is -1.10. The summed E-state index contributed by atoms with van der Waals surface area (Å²) in [5.41, 5.74) is 1.74. The van der Waals surface area contributed by atoms with Crippen LogP contribution in [0.4, 0.5) is 9.18 Å². The van der Waals surface area contributed by atoms with Gasteiger partial charge in [-0.25, -0.2) is 19.0 Å². The lowest BCUT2D eigenvalue weighted by Crippen LogP contribution is -2.76. The van der Waals surface area contributed by atoms with Crippen molar-refractivity contribution >= 4 is 29.2 Å². The Bertz CT molecular complexity index is 1460. The molecule has 2 amide bonds. The van der Waals surface area contributed by atoms with Crippen LogP contribution >= 0.6 is 11.3 Å². The lowest BCUT2D eigenvalue weighted by Gasteiger charge is -2.73. The maximum Gasteiger partial charge on any atom is 0.335 e. The molecule has 2 bridgehead atoms. The smallest absolute Gasteiger partial charge is 0.335 e. The molecule has 0 spiro atoms. The van der Waals surface area contributed by atoms with Gasteiger partial charge in [0.25, 0.3) is 0 Å². The molecule has 5 fully saturated rings. The monoisotopic (exact) mass is 580 g/mol. The van der Waals surface area contributed by atoms with Crippen LogP contribution in [0.15, 0.2) is 46.0 Å². The Morgan fingerprint density at radius 1 is 1.27 bits per heavy atom. The van der Waals surface area contributed by atoms with Gasteiger partial charge in [0.05, 0.1) is 18.2 Å². The Morgan fingerprint density at radius 3 is 2.78 bits per heavy atom. The summed E-state index contributed by atoms with van der Waals surface area (Å²) in [5, 5.41) is 16.1. The van der Waals surface area contributed by atoms with Gasteiger partial charge in [0.15, 0.2) is 10.8 Å². The number of carboxylic acid groups (broad SMARTS) is 1. The first-order valence-electron chi connectivity index (χ1n) is 14.0. The van der Waals surface area contributed by atoms with Gasteiger partial charge in [-0.3, -0.25) is 9.89 Å². The Kier molecular flexibility index (Phi) is 6.22. The molecule has 3 aliphatic heterocycles. The van der Waals surface area contributed by atoms with Gasteiger partial charge < -0.3 is 25.0 Å². The number of ether oxygens (including phenoxy) is 1. The van der Waals surface area contributed by atoms with Gasteiger partial charge in [0.2, 0.25) is 0 Å². The van der Waals surface area contributed by atoms with Gasteiger partial charge in [-0.1, -0.05) is 12.1 Å². The molecule has 2 atom stereocenters. The van der Waals surface area contributed by atoms with Crippen LogP contribution in [-0.2, 0) is 9.53 Å². The van der Waals surface area contributed by atoms with Crippen LogP contribution in [0.5, 0.6) is 0 Å². The molecule has 1 aromatic carbocycles. The first-order chi connectivity index (χ1) is 19.7. The fourth-order valence-electron chi connectivity index (χ4n) is 7.79. The maximum absolute atomic E-state index is 14.6. The number of nitrogens with zero attached hydrogens (tertiary/aromatic N) is 5. The van der Waals surface area contributed by atoms with E-state index in [1.54, 1.807) is 32.4 Å². The number of aliphatic carboxylic acids is 1. The molecule has 10 nitrogen and oxygen atoms in total. The molecule has 3 saturated carbocycles. The molecule has 2 unspecified atom stereocenters. The highest BCUT2D eigenvalue weighted by atomic mass is 32.1. The number of aliphatic imine (C=N–C) groups is 1. The summed E-state index contributed by atoms with van der Waals surface area (Å²) < 4.78 is 20.0. The minimum Gasteiger partial charge on any atom is -0.478 e. The van der Waals surface area contributed by atoms with Crippen LogP contribution in [0.1, 0.15) is 41.4 Å². The number of amidine groups is 1. The number of piperazine rings is 1. The predicted octanol–water partition coefficient (Wildman–Crippen LogP) is 3.01. The molecular weight excluding hydrogens is 547 g/mol. The Morgan fingerprint density at radius 2 is 2.07 bits per heavy atom. The van der Waals surface area contributed by atoms with Crippen molar-refractivity contribution in [1.29, 1.82) is 0 Å². The summed E-state index contributed by atoms with van der Waals surface area (Å²) in [5.74, 6) is -1.03. The van der Waals surface area contributed by atoms with Gasteiger partial charge in [-0.2, -0.15) is 0 Å². The maximum atomic E-state index is 14.6. The third-order valence-corrected chi connectivity index (χ3v) is 10.3. The molecule has 2 aromatic rings. The zero-order valence-corrected chi connectivity index (χ0v) is 23.9. The average Bonchev–Trinajstić information content (AvgIpc) is 3.55. The first kappa shape index (κ1) is 26.5. The van der Waals surface area contributed by atoms with Crippen molar-refractivity contribution in [2.75, 3.05) is 46.4 Å². The van der Waals surface area contributed by atoms with Crippen molar-refractivity contribution in [1.82, 2.24) is 25.0 Å². The number of aromatic nitrogens is 1. The zero-order valence-electron chi connectivity index (χ0n) is 23.1. The topological polar surface area (TPSA) is 111 Å². The van der Waals surface area contributed by atoms with E-state index in [-0.39, 0.29) is 28.6 Å². The third kappa shape index (κ3) is 4.18. The van der Waals surface area contributed by atoms with Crippen molar-refractivity contribution < 1.29 is 23.8 Å². The normalized spacial score (nSPS) is 30.9. The highest BCUT2D eigenvalue weighted by Crippen LogP contribution is 2.70. The van der Waals surface area contributed by atoms with Gasteiger partial charge in [-0.15, -0.1) is 11.3 Å². The number of methoxy groups -OCH3 is 1. The number of benzene rings is 1. The number of carbonyl (C=O) groups is 2. The van der Waals surface area contributed by atoms with Gasteiger partial charge in [-0.05, 0) is 43.4 Å². The largest absolute Gasteiger partial charge is 0.478 e. The molecule has 3 aliphatic carbocycles. The first-order valence-corrected chi connectivity index (χ1v) is 14.9. The second-order valence-corrected chi connectivity index (χ2v) is 13.1. The number of halogens is 1. The standard InChI is InChI=1S/C29H33FN6O4S/c1-17-19(4-3-5-20(17)30)23-22(26(37)38)21(32-24(33-23)25-31-6-9-41-25)12-34-7-8-35-18(10-34)11-36(27(35)39)29-13-28(14-29,15-29)16-40-2/h3-6,9,18,23H,7-8,10-16H2,1-2H3,(H,32,33)(H,37,38). The molecule has 41 heavy (non-hydrogen) atoms. The van der Waals surface area contributed by atoms with E-state index in [0.717, 1.165) is 25.9 Å². The van der Waals surface area contributed by atoms with Crippen LogP contribution in [0.25, 0.3) is 0 Å². The summed E-state index contributed by atoms with van der Waals surface area (Å²) in [6.07, 6.45) is 4.72. The average molecular weight is 581 g/mol. The molecule has 4 heterocycles. The number of thiazole rings is 1. The van der Waals surface area contributed by atoms with E-state index in [4.69, 9.17) is 9.73 Å². The number of hydrogen-bond donors (Lipinski definition) is 2. The molecule has 12 heteroatoms. The quantitative estimate of drug-likeness (QED) is 0.494. The van der Waals surface area contributed by atoms with E-state index in [9.17, 15) is 19.1 Å². The Hall–Kier alpha value is -3.35. The molecule has 2 saturated heterocycles. The summed E-state index contributed by atoms with van der Waals surface area (Å²) >= 11 is 1.40. The van der Waals surface area contributed by atoms with E-state index < -0.39 is 17.8 Å². The van der Waals surface area contributed by atoms with Crippen LogP contribution < -0.4 is 5.32 Å².